The topological polar surface area (TPSA) is 84.9 Å². The third kappa shape index (κ3) is 2.76. The number of aryl methyl sites for hydroxylation is 2. The van der Waals surface area contributed by atoms with Gasteiger partial charge in [0.25, 0.3) is 0 Å². The van der Waals surface area contributed by atoms with Gasteiger partial charge in [0.1, 0.15) is 5.82 Å². The predicted octanol–water partition coefficient (Wildman–Crippen LogP) is 1.05. The lowest BCUT2D eigenvalue weighted by Gasteiger charge is -2.18. The summed E-state index contributed by atoms with van der Waals surface area (Å²) in [5, 5.41) is 7.79. The molecule has 0 amide bonds. The lowest BCUT2D eigenvalue weighted by atomic mass is 10.2. The standard InChI is InChI=1S/C15H23N7/c1-4-22-9-12(10(2)20-22)13-7-14(19-15(16)18-13)21-6-5-11(8-21)17-3/h7,9,11,17H,4-6,8H2,1-3H3,(H2,16,18,19)/t11-/m1/s1. The third-order valence-electron chi connectivity index (χ3n) is 4.20. The van der Waals surface area contributed by atoms with Crippen LogP contribution in [-0.2, 0) is 6.54 Å². The molecule has 1 saturated heterocycles. The molecule has 1 aliphatic heterocycles. The Bertz CT molecular complexity index is 664. The molecule has 7 nitrogen and oxygen atoms in total. The second kappa shape index (κ2) is 5.92. The summed E-state index contributed by atoms with van der Waals surface area (Å²) in [6.45, 7) is 6.82. The SMILES string of the molecule is CCn1cc(-c2cc(N3CC[C@@H](NC)C3)nc(N)n2)c(C)n1. The number of rotatable bonds is 4. The van der Waals surface area contributed by atoms with Gasteiger partial charge in [0.2, 0.25) is 5.95 Å². The van der Waals surface area contributed by atoms with Gasteiger partial charge in [-0.05, 0) is 27.3 Å². The molecule has 0 aromatic carbocycles. The largest absolute Gasteiger partial charge is 0.368 e. The highest BCUT2D eigenvalue weighted by atomic mass is 15.3. The number of nitrogens with one attached hydrogen (secondary N) is 1. The van der Waals surface area contributed by atoms with Crippen molar-refractivity contribution in [1.82, 2.24) is 25.1 Å². The fraction of sp³-hybridized carbons (Fsp3) is 0.533. The average Bonchev–Trinajstić information content (AvgIpc) is 3.12. The predicted molar refractivity (Wildman–Crippen MR) is 87.8 cm³/mol. The zero-order valence-electron chi connectivity index (χ0n) is 13.4. The molecule has 0 unspecified atom stereocenters. The molecular formula is C15H23N7. The molecule has 0 radical (unpaired) electrons. The molecule has 2 aromatic rings. The van der Waals surface area contributed by atoms with Gasteiger partial charge in [0.15, 0.2) is 0 Å². The Hall–Kier alpha value is -2.15. The number of anilines is 2. The number of aromatic nitrogens is 4. The van der Waals surface area contributed by atoms with Crippen LogP contribution >= 0.6 is 0 Å². The summed E-state index contributed by atoms with van der Waals surface area (Å²) in [6.07, 6.45) is 3.13. The van der Waals surface area contributed by atoms with Gasteiger partial charge in [0.05, 0.1) is 11.4 Å². The molecule has 3 N–H and O–H groups in total. The number of nitrogen functional groups attached to an aromatic ring is 1. The lowest BCUT2D eigenvalue weighted by molar-refractivity contribution is 0.616. The third-order valence-corrected chi connectivity index (χ3v) is 4.20. The molecule has 1 aliphatic rings. The van der Waals surface area contributed by atoms with Crippen LogP contribution in [0.1, 0.15) is 19.0 Å². The van der Waals surface area contributed by atoms with Crippen molar-refractivity contribution < 1.29 is 0 Å². The van der Waals surface area contributed by atoms with Gasteiger partial charge in [-0.2, -0.15) is 10.1 Å². The number of hydrogen-bond acceptors (Lipinski definition) is 6. The second-order valence-electron chi connectivity index (χ2n) is 5.67. The Labute approximate surface area is 130 Å². The molecule has 0 bridgehead atoms. The highest BCUT2D eigenvalue weighted by Gasteiger charge is 2.23. The van der Waals surface area contributed by atoms with Crippen LogP contribution in [0, 0.1) is 6.92 Å². The summed E-state index contributed by atoms with van der Waals surface area (Å²) < 4.78 is 1.91. The van der Waals surface area contributed by atoms with Crippen LogP contribution in [0.5, 0.6) is 0 Å². The molecular weight excluding hydrogens is 278 g/mol. The second-order valence-corrected chi connectivity index (χ2v) is 5.67. The molecule has 1 atom stereocenters. The van der Waals surface area contributed by atoms with E-state index in [2.05, 4.69) is 32.2 Å². The number of likely N-dealkylation sites (N-methyl/N-ethyl adjacent to an activating group) is 1. The summed E-state index contributed by atoms with van der Waals surface area (Å²) in [5.74, 6) is 1.20. The van der Waals surface area contributed by atoms with E-state index in [4.69, 9.17) is 5.73 Å². The Morgan fingerprint density at radius 3 is 2.86 bits per heavy atom. The Morgan fingerprint density at radius 2 is 2.23 bits per heavy atom. The van der Waals surface area contributed by atoms with Crippen LogP contribution < -0.4 is 16.0 Å². The normalized spacial score (nSPS) is 18.1. The van der Waals surface area contributed by atoms with Crippen LogP contribution in [-0.4, -0.2) is 45.9 Å². The number of nitrogens with two attached hydrogens (primary N) is 1. The molecule has 0 spiro atoms. The van der Waals surface area contributed by atoms with E-state index in [0.717, 1.165) is 48.8 Å². The molecule has 2 aromatic heterocycles. The molecule has 1 fully saturated rings. The van der Waals surface area contributed by atoms with Crippen molar-refractivity contribution in [3.05, 3.63) is 18.0 Å². The minimum atomic E-state index is 0.309. The van der Waals surface area contributed by atoms with E-state index in [9.17, 15) is 0 Å². The van der Waals surface area contributed by atoms with E-state index in [1.807, 2.05) is 30.9 Å². The van der Waals surface area contributed by atoms with Gasteiger partial charge in [-0.25, -0.2) is 4.98 Å². The minimum Gasteiger partial charge on any atom is -0.368 e. The lowest BCUT2D eigenvalue weighted by Crippen LogP contribution is -2.30. The first-order valence-electron chi connectivity index (χ1n) is 7.72. The maximum atomic E-state index is 5.93. The monoisotopic (exact) mass is 301 g/mol. The van der Waals surface area contributed by atoms with Gasteiger partial charge >= 0.3 is 0 Å². The van der Waals surface area contributed by atoms with Crippen LogP contribution in [0.3, 0.4) is 0 Å². The Balaban J connectivity index is 1.94. The summed E-state index contributed by atoms with van der Waals surface area (Å²) in [4.78, 5) is 11.1. The summed E-state index contributed by atoms with van der Waals surface area (Å²) in [7, 11) is 2.00. The maximum absolute atomic E-state index is 5.93. The molecule has 3 heterocycles. The highest BCUT2D eigenvalue weighted by Crippen LogP contribution is 2.26. The van der Waals surface area contributed by atoms with Crippen LogP contribution in [0.2, 0.25) is 0 Å². The molecule has 118 valence electrons. The average molecular weight is 301 g/mol. The van der Waals surface area contributed by atoms with E-state index in [-0.39, 0.29) is 0 Å². The zero-order valence-corrected chi connectivity index (χ0v) is 13.4. The van der Waals surface area contributed by atoms with Gasteiger partial charge < -0.3 is 16.0 Å². The summed E-state index contributed by atoms with van der Waals surface area (Å²) in [6, 6.07) is 2.52. The van der Waals surface area contributed by atoms with Crippen LogP contribution in [0.4, 0.5) is 11.8 Å². The smallest absolute Gasteiger partial charge is 0.222 e. The maximum Gasteiger partial charge on any atom is 0.222 e. The van der Waals surface area contributed by atoms with E-state index in [0.29, 0.717) is 12.0 Å². The molecule has 0 aliphatic carbocycles. The Kier molecular flexibility index (Phi) is 3.98. The summed E-state index contributed by atoms with van der Waals surface area (Å²) in [5.41, 5.74) is 8.74. The van der Waals surface area contributed by atoms with Gasteiger partial charge in [0, 0.05) is 43.5 Å². The molecule has 7 heteroatoms. The van der Waals surface area contributed by atoms with Crippen molar-refractivity contribution in [1.29, 1.82) is 0 Å². The number of hydrogen-bond donors (Lipinski definition) is 2. The summed E-state index contributed by atoms with van der Waals surface area (Å²) >= 11 is 0. The van der Waals surface area contributed by atoms with Crippen molar-refractivity contribution >= 4 is 11.8 Å². The van der Waals surface area contributed by atoms with E-state index in [1.165, 1.54) is 0 Å². The van der Waals surface area contributed by atoms with Gasteiger partial charge in [-0.3, -0.25) is 4.68 Å². The first-order chi connectivity index (χ1) is 10.6. The van der Waals surface area contributed by atoms with Crippen molar-refractivity contribution in [2.75, 3.05) is 30.8 Å². The van der Waals surface area contributed by atoms with Gasteiger partial charge in [-0.1, -0.05) is 0 Å². The Morgan fingerprint density at radius 1 is 1.41 bits per heavy atom. The highest BCUT2D eigenvalue weighted by molar-refractivity contribution is 5.66. The quantitative estimate of drug-likeness (QED) is 0.878. The van der Waals surface area contributed by atoms with E-state index < -0.39 is 0 Å². The van der Waals surface area contributed by atoms with Gasteiger partial charge in [-0.15, -0.1) is 0 Å². The molecule has 3 rings (SSSR count). The van der Waals surface area contributed by atoms with E-state index >= 15 is 0 Å². The minimum absolute atomic E-state index is 0.309. The van der Waals surface area contributed by atoms with Crippen molar-refractivity contribution in [2.45, 2.75) is 32.9 Å². The zero-order chi connectivity index (χ0) is 15.7. The fourth-order valence-electron chi connectivity index (χ4n) is 2.89. The molecule has 22 heavy (non-hydrogen) atoms. The van der Waals surface area contributed by atoms with Crippen molar-refractivity contribution in [2.24, 2.45) is 0 Å². The fourth-order valence-corrected chi connectivity index (χ4v) is 2.89. The van der Waals surface area contributed by atoms with Crippen molar-refractivity contribution in [3.8, 4) is 11.3 Å². The van der Waals surface area contributed by atoms with Crippen LogP contribution in [0.15, 0.2) is 12.3 Å². The van der Waals surface area contributed by atoms with Crippen molar-refractivity contribution in [3.63, 3.8) is 0 Å². The first kappa shape index (κ1) is 14.8. The first-order valence-corrected chi connectivity index (χ1v) is 7.72. The van der Waals surface area contributed by atoms with Crippen LogP contribution in [0.25, 0.3) is 11.3 Å². The van der Waals surface area contributed by atoms with E-state index in [1.54, 1.807) is 0 Å². The molecule has 0 saturated carbocycles. The number of nitrogens with zero attached hydrogens (tertiary/aromatic N) is 5.